The molecule has 0 spiro atoms. The van der Waals surface area contributed by atoms with Gasteiger partial charge in [-0.15, -0.1) is 0 Å². The molecule has 2 saturated carbocycles. The van der Waals surface area contributed by atoms with E-state index in [-0.39, 0.29) is 6.10 Å². The summed E-state index contributed by atoms with van der Waals surface area (Å²) >= 11 is 6.65. The van der Waals surface area contributed by atoms with Crippen molar-refractivity contribution in [2.24, 2.45) is 11.8 Å². The van der Waals surface area contributed by atoms with E-state index in [4.69, 9.17) is 4.74 Å². The average molecular weight is 368 g/mol. The van der Waals surface area contributed by atoms with Crippen LogP contribution in [0.5, 0.6) is 0 Å². The molecule has 4 heteroatoms. The Morgan fingerprint density at radius 2 is 1.88 bits per heavy atom. The predicted molar refractivity (Wildman–Crippen MR) is 76.4 cm³/mol. The minimum Gasteiger partial charge on any atom is -0.393 e. The molecule has 17 heavy (non-hydrogen) atoms. The van der Waals surface area contributed by atoms with Crippen LogP contribution in [-0.4, -0.2) is 23.9 Å². The highest BCUT2D eigenvalue weighted by Crippen LogP contribution is 2.41. The van der Waals surface area contributed by atoms with Gasteiger partial charge in [0.05, 0.1) is 22.2 Å². The van der Waals surface area contributed by atoms with Gasteiger partial charge in [0.1, 0.15) is 0 Å². The molecule has 1 N–H and O–H groups in total. The second kappa shape index (κ2) is 6.69. The van der Waals surface area contributed by atoms with Crippen molar-refractivity contribution < 1.29 is 9.84 Å². The third-order valence-electron chi connectivity index (χ3n) is 4.11. The fraction of sp³-hybridized carbons (Fsp3) is 0.846. The second-order valence-electron chi connectivity index (χ2n) is 5.25. The first kappa shape index (κ1) is 14.0. The standard InChI is InChI=1S/C13H20Br2O2/c14-13(15)5-6-17-12-4-2-9-1-3-11(16)7-10(9)8-12/h5,9-12,16H,1-4,6-8H2. The number of aliphatic hydroxyl groups excluding tert-OH is 1. The second-order valence-corrected chi connectivity index (χ2v) is 8.02. The monoisotopic (exact) mass is 366 g/mol. The van der Waals surface area contributed by atoms with Gasteiger partial charge in [-0.3, -0.25) is 0 Å². The molecule has 4 unspecified atom stereocenters. The molecule has 0 aromatic heterocycles. The van der Waals surface area contributed by atoms with E-state index >= 15 is 0 Å². The van der Waals surface area contributed by atoms with E-state index in [2.05, 4.69) is 31.9 Å². The summed E-state index contributed by atoms with van der Waals surface area (Å²) in [6, 6.07) is 0. The van der Waals surface area contributed by atoms with E-state index in [0.717, 1.165) is 28.6 Å². The molecule has 2 fully saturated rings. The van der Waals surface area contributed by atoms with Gasteiger partial charge in [-0.2, -0.15) is 0 Å². The van der Waals surface area contributed by atoms with E-state index < -0.39 is 0 Å². The van der Waals surface area contributed by atoms with Crippen molar-refractivity contribution in [3.05, 3.63) is 9.47 Å². The van der Waals surface area contributed by atoms with Crippen molar-refractivity contribution in [2.75, 3.05) is 6.61 Å². The summed E-state index contributed by atoms with van der Waals surface area (Å²) in [5.41, 5.74) is 0. The SMILES string of the molecule is OC1CCC2CCC(OCC=C(Br)Br)CC2C1. The summed E-state index contributed by atoms with van der Waals surface area (Å²) in [5, 5.41) is 9.72. The van der Waals surface area contributed by atoms with Crippen LogP contribution in [0.25, 0.3) is 0 Å². The van der Waals surface area contributed by atoms with Crippen LogP contribution in [0.15, 0.2) is 9.47 Å². The first-order chi connectivity index (χ1) is 8.15. The molecule has 0 saturated heterocycles. The number of hydrogen-bond donors (Lipinski definition) is 1. The van der Waals surface area contributed by atoms with Crippen LogP contribution in [0, 0.1) is 11.8 Å². The van der Waals surface area contributed by atoms with Crippen LogP contribution < -0.4 is 0 Å². The Morgan fingerprint density at radius 1 is 1.12 bits per heavy atom. The van der Waals surface area contributed by atoms with Gasteiger partial charge in [0.15, 0.2) is 0 Å². The zero-order valence-electron chi connectivity index (χ0n) is 9.95. The van der Waals surface area contributed by atoms with Crippen LogP contribution in [0.2, 0.25) is 0 Å². The highest BCUT2D eigenvalue weighted by Gasteiger charge is 2.35. The number of ether oxygens (including phenoxy) is 1. The molecule has 0 radical (unpaired) electrons. The summed E-state index contributed by atoms with van der Waals surface area (Å²) in [6.07, 6.45) is 9.12. The van der Waals surface area contributed by atoms with Crippen LogP contribution in [0.4, 0.5) is 0 Å². The van der Waals surface area contributed by atoms with Gasteiger partial charge in [-0.25, -0.2) is 0 Å². The maximum absolute atomic E-state index is 9.72. The summed E-state index contributed by atoms with van der Waals surface area (Å²) in [6.45, 7) is 0.663. The maximum Gasteiger partial charge on any atom is 0.0670 e. The van der Waals surface area contributed by atoms with Crippen LogP contribution in [0.3, 0.4) is 0 Å². The third-order valence-corrected chi connectivity index (χ3v) is 4.75. The average Bonchev–Trinajstić information content (AvgIpc) is 2.28. The van der Waals surface area contributed by atoms with Crippen molar-refractivity contribution in [1.82, 2.24) is 0 Å². The molecule has 2 aliphatic carbocycles. The van der Waals surface area contributed by atoms with Gasteiger partial charge >= 0.3 is 0 Å². The number of halogens is 2. The summed E-state index contributed by atoms with van der Waals surface area (Å²) in [5.74, 6) is 1.53. The maximum atomic E-state index is 9.72. The van der Waals surface area contributed by atoms with Crippen molar-refractivity contribution in [2.45, 2.75) is 50.7 Å². The minimum absolute atomic E-state index is 0.0633. The molecule has 0 bridgehead atoms. The van der Waals surface area contributed by atoms with Gasteiger partial charge in [-0.05, 0) is 88.3 Å². The zero-order chi connectivity index (χ0) is 12.3. The fourth-order valence-electron chi connectivity index (χ4n) is 3.22. The van der Waals surface area contributed by atoms with E-state index in [9.17, 15) is 5.11 Å². The molecule has 0 amide bonds. The highest BCUT2D eigenvalue weighted by molar-refractivity contribution is 9.28. The van der Waals surface area contributed by atoms with E-state index in [1.165, 1.54) is 19.3 Å². The van der Waals surface area contributed by atoms with Crippen molar-refractivity contribution >= 4 is 31.9 Å². The smallest absolute Gasteiger partial charge is 0.0670 e. The predicted octanol–water partition coefficient (Wildman–Crippen LogP) is 3.96. The molecule has 0 aromatic carbocycles. The molecule has 0 heterocycles. The molecule has 0 aliphatic heterocycles. The molecule has 2 nitrogen and oxygen atoms in total. The van der Waals surface area contributed by atoms with E-state index in [1.54, 1.807) is 0 Å². The van der Waals surface area contributed by atoms with Gasteiger partial charge in [0.25, 0.3) is 0 Å². The van der Waals surface area contributed by atoms with Gasteiger partial charge in [-0.1, -0.05) is 0 Å². The first-order valence-electron chi connectivity index (χ1n) is 6.46. The largest absolute Gasteiger partial charge is 0.393 e. The number of hydrogen-bond acceptors (Lipinski definition) is 2. The number of aliphatic hydroxyl groups is 1. The highest BCUT2D eigenvalue weighted by atomic mass is 79.9. The van der Waals surface area contributed by atoms with Gasteiger partial charge in [0, 0.05) is 0 Å². The van der Waals surface area contributed by atoms with Crippen LogP contribution in [-0.2, 0) is 4.74 Å². The lowest BCUT2D eigenvalue weighted by Gasteiger charge is -2.40. The Kier molecular flexibility index (Phi) is 5.52. The van der Waals surface area contributed by atoms with Gasteiger partial charge in [0.2, 0.25) is 0 Å². The Morgan fingerprint density at radius 3 is 2.65 bits per heavy atom. The molecular formula is C13H20Br2O2. The third kappa shape index (κ3) is 4.34. The summed E-state index contributed by atoms with van der Waals surface area (Å²) < 4.78 is 6.81. The zero-order valence-corrected chi connectivity index (χ0v) is 13.1. The quantitative estimate of drug-likeness (QED) is 0.817. The van der Waals surface area contributed by atoms with Crippen LogP contribution >= 0.6 is 31.9 Å². The molecule has 4 atom stereocenters. The number of rotatable bonds is 3. The molecule has 0 aromatic rings. The Balaban J connectivity index is 1.77. The fourth-order valence-corrected chi connectivity index (χ4v) is 3.49. The first-order valence-corrected chi connectivity index (χ1v) is 8.04. The van der Waals surface area contributed by atoms with E-state index in [1.807, 2.05) is 6.08 Å². The summed E-state index contributed by atoms with van der Waals surface area (Å²) in [7, 11) is 0. The number of fused-ring (bicyclic) bond motifs is 1. The Bertz CT molecular complexity index is 277. The van der Waals surface area contributed by atoms with Crippen molar-refractivity contribution in [3.8, 4) is 0 Å². The van der Waals surface area contributed by atoms with E-state index in [0.29, 0.717) is 18.6 Å². The van der Waals surface area contributed by atoms with Crippen molar-refractivity contribution in [3.63, 3.8) is 0 Å². The summed E-state index contributed by atoms with van der Waals surface area (Å²) in [4.78, 5) is 0. The van der Waals surface area contributed by atoms with Crippen molar-refractivity contribution in [1.29, 1.82) is 0 Å². The van der Waals surface area contributed by atoms with Gasteiger partial charge < -0.3 is 9.84 Å². The topological polar surface area (TPSA) is 29.5 Å². The lowest BCUT2D eigenvalue weighted by Crippen LogP contribution is -2.35. The Labute approximate surface area is 120 Å². The van der Waals surface area contributed by atoms with Crippen LogP contribution in [0.1, 0.15) is 38.5 Å². The Hall–Kier alpha value is 0.620. The molecule has 2 aliphatic rings. The molecular weight excluding hydrogens is 348 g/mol. The molecule has 2 rings (SSSR count). The lowest BCUT2D eigenvalue weighted by atomic mass is 9.69. The normalized spacial score (nSPS) is 37.4. The lowest BCUT2D eigenvalue weighted by molar-refractivity contribution is -0.0244. The minimum atomic E-state index is -0.0633. The molecule has 98 valence electrons.